The topological polar surface area (TPSA) is 97.3 Å². The molecule has 1 fully saturated rings. The molecule has 1 atom stereocenters. The molecule has 3 amide bonds. The quantitative estimate of drug-likeness (QED) is 0.861. The predicted molar refractivity (Wildman–Crippen MR) is 94.2 cm³/mol. The normalized spacial score (nSPS) is 17.5. The largest absolute Gasteiger partial charge is 0.351 e. The van der Waals surface area contributed by atoms with Crippen LogP contribution in [0.1, 0.15) is 30.3 Å². The molecule has 0 saturated carbocycles. The highest BCUT2D eigenvalue weighted by Crippen LogP contribution is 2.26. The Morgan fingerprint density at radius 3 is 3.00 bits per heavy atom. The van der Waals surface area contributed by atoms with Gasteiger partial charge in [-0.2, -0.15) is 0 Å². The van der Waals surface area contributed by atoms with Crippen molar-refractivity contribution < 1.29 is 9.59 Å². The fraction of sp³-hybridized carbons (Fsp3) is 0.500. The van der Waals surface area contributed by atoms with Gasteiger partial charge in [-0.05, 0) is 12.8 Å². The third-order valence-corrected chi connectivity index (χ3v) is 5.09. The number of thiazole rings is 1. The van der Waals surface area contributed by atoms with Crippen LogP contribution in [-0.4, -0.2) is 63.0 Å². The van der Waals surface area contributed by atoms with E-state index in [1.54, 1.807) is 22.4 Å². The van der Waals surface area contributed by atoms with Crippen molar-refractivity contribution in [3.63, 3.8) is 0 Å². The minimum atomic E-state index is -0.597. The van der Waals surface area contributed by atoms with Crippen LogP contribution in [0.4, 0.5) is 4.79 Å². The van der Waals surface area contributed by atoms with Gasteiger partial charge in [-0.15, -0.1) is 11.3 Å². The second kappa shape index (κ2) is 7.64. The van der Waals surface area contributed by atoms with E-state index in [0.29, 0.717) is 19.6 Å². The number of aromatic nitrogens is 3. The number of urea groups is 1. The van der Waals surface area contributed by atoms with Gasteiger partial charge in [-0.3, -0.25) is 4.79 Å². The van der Waals surface area contributed by atoms with Crippen LogP contribution in [0.15, 0.2) is 23.3 Å². The molecule has 25 heavy (non-hydrogen) atoms. The Morgan fingerprint density at radius 1 is 1.44 bits per heavy atom. The van der Waals surface area contributed by atoms with Crippen molar-refractivity contribution in [2.75, 3.05) is 26.7 Å². The fourth-order valence-corrected chi connectivity index (χ4v) is 3.65. The average molecular weight is 362 g/mol. The molecule has 0 spiro atoms. The van der Waals surface area contributed by atoms with Crippen molar-refractivity contribution in [3.05, 3.63) is 34.8 Å². The van der Waals surface area contributed by atoms with Crippen LogP contribution in [0, 0.1) is 0 Å². The molecule has 2 aromatic heterocycles. The van der Waals surface area contributed by atoms with Crippen molar-refractivity contribution >= 4 is 23.3 Å². The summed E-state index contributed by atoms with van der Waals surface area (Å²) >= 11 is 1.58. The predicted octanol–water partition coefficient (Wildman–Crippen LogP) is 1.10. The van der Waals surface area contributed by atoms with Gasteiger partial charge in [0.05, 0.1) is 17.7 Å². The molecule has 3 heterocycles. The maximum Gasteiger partial charge on any atom is 0.314 e. The van der Waals surface area contributed by atoms with Crippen molar-refractivity contribution in [1.82, 2.24) is 24.3 Å². The van der Waals surface area contributed by atoms with Crippen molar-refractivity contribution in [2.45, 2.75) is 25.3 Å². The first-order valence-corrected chi connectivity index (χ1v) is 9.15. The van der Waals surface area contributed by atoms with Crippen LogP contribution in [-0.2, 0) is 11.3 Å². The molecule has 0 aliphatic carbocycles. The van der Waals surface area contributed by atoms with E-state index in [1.165, 1.54) is 11.9 Å². The second-order valence-corrected chi connectivity index (χ2v) is 6.99. The van der Waals surface area contributed by atoms with E-state index in [9.17, 15) is 9.59 Å². The Morgan fingerprint density at radius 2 is 2.28 bits per heavy atom. The van der Waals surface area contributed by atoms with E-state index in [0.717, 1.165) is 24.4 Å². The molecular formula is C16H22N6O2S. The molecule has 1 aliphatic rings. The smallest absolute Gasteiger partial charge is 0.314 e. The number of hydrogen-bond acceptors (Lipinski definition) is 5. The molecule has 134 valence electrons. The summed E-state index contributed by atoms with van der Waals surface area (Å²) in [6.45, 7) is 2.01. The number of nitrogens with two attached hydrogens (primary N) is 1. The van der Waals surface area contributed by atoms with E-state index in [4.69, 9.17) is 5.73 Å². The summed E-state index contributed by atoms with van der Waals surface area (Å²) in [5.74, 6) is 1.09. The molecule has 0 bridgehead atoms. The van der Waals surface area contributed by atoms with E-state index in [2.05, 4.69) is 14.5 Å². The summed E-state index contributed by atoms with van der Waals surface area (Å²) in [6, 6.07) is -0.597. The number of nitrogens with zero attached hydrogens (tertiary/aromatic N) is 5. The first-order chi connectivity index (χ1) is 12.0. The summed E-state index contributed by atoms with van der Waals surface area (Å²) in [5.41, 5.74) is 8.03. The number of imidazole rings is 1. The second-order valence-electron chi connectivity index (χ2n) is 6.27. The van der Waals surface area contributed by atoms with Crippen molar-refractivity contribution in [3.8, 4) is 0 Å². The first kappa shape index (κ1) is 17.4. The van der Waals surface area contributed by atoms with Crippen molar-refractivity contribution in [2.24, 2.45) is 5.73 Å². The highest BCUT2D eigenvalue weighted by molar-refractivity contribution is 7.07. The molecule has 1 aliphatic heterocycles. The molecule has 9 heteroatoms. The van der Waals surface area contributed by atoms with Gasteiger partial charge in [0.1, 0.15) is 12.4 Å². The van der Waals surface area contributed by atoms with Gasteiger partial charge in [0.15, 0.2) is 0 Å². The van der Waals surface area contributed by atoms with E-state index >= 15 is 0 Å². The van der Waals surface area contributed by atoms with Crippen LogP contribution in [0.2, 0.25) is 0 Å². The van der Waals surface area contributed by atoms with E-state index in [1.807, 2.05) is 17.1 Å². The molecular weight excluding hydrogens is 340 g/mol. The summed E-state index contributed by atoms with van der Waals surface area (Å²) in [5, 5.41) is 2.03. The first-order valence-electron chi connectivity index (χ1n) is 8.21. The zero-order chi connectivity index (χ0) is 17.8. The molecule has 0 radical (unpaired) electrons. The lowest BCUT2D eigenvalue weighted by Crippen LogP contribution is -2.46. The number of likely N-dealkylation sites (tertiary alicyclic amines) is 1. The molecule has 0 aromatic carbocycles. The SMILES string of the molecule is CN(CC(=O)N1CCCC(c2nccn2Cc2cscn2)C1)C(N)=O. The molecule has 3 rings (SSSR count). The molecule has 2 aromatic rings. The number of amides is 3. The number of carbonyl (C=O) groups excluding carboxylic acids is 2. The maximum atomic E-state index is 12.4. The lowest BCUT2D eigenvalue weighted by molar-refractivity contribution is -0.132. The molecule has 2 N–H and O–H groups in total. The minimum absolute atomic E-state index is 0.00924. The zero-order valence-corrected chi connectivity index (χ0v) is 15.0. The lowest BCUT2D eigenvalue weighted by Gasteiger charge is -2.33. The Bertz CT molecular complexity index is 729. The average Bonchev–Trinajstić information content (AvgIpc) is 3.27. The summed E-state index contributed by atoms with van der Waals surface area (Å²) in [6.07, 6.45) is 5.66. The third kappa shape index (κ3) is 4.16. The van der Waals surface area contributed by atoms with Gasteiger partial charge in [0.25, 0.3) is 0 Å². The van der Waals surface area contributed by atoms with Crippen LogP contribution in [0.3, 0.4) is 0 Å². The van der Waals surface area contributed by atoms with E-state index < -0.39 is 6.03 Å². The highest BCUT2D eigenvalue weighted by atomic mass is 32.1. The zero-order valence-electron chi connectivity index (χ0n) is 14.2. The Kier molecular flexibility index (Phi) is 5.32. The number of carbonyl (C=O) groups is 2. The lowest BCUT2D eigenvalue weighted by atomic mass is 9.97. The number of piperidine rings is 1. The Labute approximate surface area is 150 Å². The van der Waals surface area contributed by atoms with Gasteiger partial charge in [-0.25, -0.2) is 14.8 Å². The number of rotatable bonds is 5. The maximum absolute atomic E-state index is 12.4. The van der Waals surface area contributed by atoms with Gasteiger partial charge in [0, 0.05) is 43.8 Å². The number of primary amides is 1. The minimum Gasteiger partial charge on any atom is -0.351 e. The fourth-order valence-electron chi connectivity index (χ4n) is 3.10. The van der Waals surface area contributed by atoms with Gasteiger partial charge < -0.3 is 20.1 Å². The Balaban J connectivity index is 1.67. The molecule has 1 unspecified atom stereocenters. The van der Waals surface area contributed by atoms with Crippen LogP contribution >= 0.6 is 11.3 Å². The number of hydrogen-bond donors (Lipinski definition) is 1. The van der Waals surface area contributed by atoms with Crippen LogP contribution < -0.4 is 5.73 Å². The summed E-state index contributed by atoms with van der Waals surface area (Å²) in [7, 11) is 1.53. The standard InChI is InChI=1S/C16H22N6O2S/c1-20(16(17)24)9-14(23)21-5-2-3-12(7-21)15-18-4-6-22(15)8-13-10-25-11-19-13/h4,6,10-12H,2-3,5,7-9H2,1H3,(H2,17,24). The Hall–Kier alpha value is -2.42. The molecule has 8 nitrogen and oxygen atoms in total. The monoisotopic (exact) mass is 362 g/mol. The van der Waals surface area contributed by atoms with Gasteiger partial charge in [-0.1, -0.05) is 0 Å². The van der Waals surface area contributed by atoms with E-state index in [-0.39, 0.29) is 18.4 Å². The van der Waals surface area contributed by atoms with Crippen LogP contribution in [0.25, 0.3) is 0 Å². The van der Waals surface area contributed by atoms with Crippen molar-refractivity contribution in [1.29, 1.82) is 0 Å². The summed E-state index contributed by atoms with van der Waals surface area (Å²) < 4.78 is 2.10. The highest BCUT2D eigenvalue weighted by Gasteiger charge is 2.28. The van der Waals surface area contributed by atoms with Gasteiger partial charge in [0.2, 0.25) is 5.91 Å². The van der Waals surface area contributed by atoms with Crippen LogP contribution in [0.5, 0.6) is 0 Å². The molecule has 1 saturated heterocycles. The summed E-state index contributed by atoms with van der Waals surface area (Å²) in [4.78, 5) is 35.4. The third-order valence-electron chi connectivity index (χ3n) is 4.45. The van der Waals surface area contributed by atoms with Gasteiger partial charge >= 0.3 is 6.03 Å². The number of likely N-dealkylation sites (N-methyl/N-ethyl adjacent to an activating group) is 1.